The molecule has 2 heteroatoms. The molecule has 1 nitrogen and oxygen atoms in total. The molecule has 0 radical (unpaired) electrons. The van der Waals surface area contributed by atoms with Crippen LogP contribution in [0.4, 0.5) is 5.69 Å². The van der Waals surface area contributed by atoms with Crippen LogP contribution in [0.1, 0.15) is 42.5 Å². The molecule has 0 saturated carbocycles. The minimum atomic E-state index is 0. The van der Waals surface area contributed by atoms with Crippen LogP contribution in [0.3, 0.4) is 0 Å². The maximum Gasteiger partial charge on any atom is 0.0517 e. The van der Waals surface area contributed by atoms with Crippen molar-refractivity contribution in [1.29, 1.82) is 0 Å². The van der Waals surface area contributed by atoms with Crippen LogP contribution < -0.4 is 5.32 Å². The Morgan fingerprint density at radius 2 is 1.44 bits per heavy atom. The summed E-state index contributed by atoms with van der Waals surface area (Å²) in [5, 5.41) is 12.1. The quantitative estimate of drug-likeness (QED) is 0.278. The largest absolute Gasteiger partial charge is 0.378 e. The summed E-state index contributed by atoms with van der Waals surface area (Å²) in [4.78, 5) is 0. The van der Waals surface area contributed by atoms with Crippen LogP contribution in [0.2, 0.25) is 0 Å². The van der Waals surface area contributed by atoms with E-state index in [2.05, 4.69) is 97.2 Å². The summed E-state index contributed by atoms with van der Waals surface area (Å²) >= 11 is 0. The van der Waals surface area contributed by atoms with Crippen molar-refractivity contribution in [2.75, 3.05) is 5.32 Å². The van der Waals surface area contributed by atoms with Crippen molar-refractivity contribution < 1.29 is 0 Å². The van der Waals surface area contributed by atoms with E-state index in [-0.39, 0.29) is 12.4 Å². The van der Waals surface area contributed by atoms with E-state index in [1.165, 1.54) is 74.0 Å². The van der Waals surface area contributed by atoms with Gasteiger partial charge in [0.05, 0.1) is 6.04 Å². The molecule has 0 aromatic heterocycles. The summed E-state index contributed by atoms with van der Waals surface area (Å²) < 4.78 is 0. The molecule has 0 fully saturated rings. The Labute approximate surface area is 195 Å². The van der Waals surface area contributed by atoms with Gasteiger partial charge in [-0.15, -0.1) is 12.4 Å². The molecular formula is C30H28ClN. The van der Waals surface area contributed by atoms with Gasteiger partial charge in [0.1, 0.15) is 0 Å². The van der Waals surface area contributed by atoms with E-state index in [1.54, 1.807) is 0 Å². The Balaban J connectivity index is 0.00000216. The van der Waals surface area contributed by atoms with Crippen LogP contribution in [0.5, 0.6) is 0 Å². The Morgan fingerprint density at radius 1 is 0.719 bits per heavy atom. The van der Waals surface area contributed by atoms with Gasteiger partial charge < -0.3 is 5.32 Å². The number of halogens is 1. The maximum atomic E-state index is 3.90. The summed E-state index contributed by atoms with van der Waals surface area (Å²) in [5.74, 6) is 0. The molecular weight excluding hydrogens is 410 g/mol. The highest BCUT2D eigenvalue weighted by Crippen LogP contribution is 2.40. The predicted octanol–water partition coefficient (Wildman–Crippen LogP) is 8.62. The minimum Gasteiger partial charge on any atom is -0.378 e. The fourth-order valence-corrected chi connectivity index (χ4v) is 5.56. The number of hydrogen-bond donors (Lipinski definition) is 1. The van der Waals surface area contributed by atoms with E-state index in [9.17, 15) is 0 Å². The molecule has 0 saturated heterocycles. The first-order valence-electron chi connectivity index (χ1n) is 11.5. The number of aryl methyl sites for hydroxylation is 2. The van der Waals surface area contributed by atoms with Crippen molar-refractivity contribution in [3.8, 4) is 0 Å². The fraction of sp³-hybridized carbons (Fsp3) is 0.200. The van der Waals surface area contributed by atoms with Gasteiger partial charge in [-0.25, -0.2) is 0 Å². The van der Waals surface area contributed by atoms with E-state index in [4.69, 9.17) is 0 Å². The second-order valence-electron chi connectivity index (χ2n) is 8.78. The zero-order chi connectivity index (χ0) is 20.8. The SMILES string of the molecule is CCc1cccc2c1ccc1c3c(ccc12)C(Nc1cccc2ccccc12)CCC3.Cl. The number of benzene rings is 5. The van der Waals surface area contributed by atoms with Gasteiger partial charge in [0.2, 0.25) is 0 Å². The highest BCUT2D eigenvalue weighted by molar-refractivity contribution is 6.09. The Hall–Kier alpha value is -3.03. The van der Waals surface area contributed by atoms with Gasteiger partial charge in [-0.1, -0.05) is 85.8 Å². The third-order valence-corrected chi connectivity index (χ3v) is 7.09. The smallest absolute Gasteiger partial charge is 0.0517 e. The van der Waals surface area contributed by atoms with E-state index < -0.39 is 0 Å². The average Bonchev–Trinajstić information content (AvgIpc) is 2.83. The van der Waals surface area contributed by atoms with E-state index in [1.807, 2.05) is 0 Å². The van der Waals surface area contributed by atoms with Crippen LogP contribution in [0.15, 0.2) is 84.9 Å². The first-order valence-corrected chi connectivity index (χ1v) is 11.5. The predicted molar refractivity (Wildman–Crippen MR) is 141 cm³/mol. The maximum absolute atomic E-state index is 3.90. The molecule has 32 heavy (non-hydrogen) atoms. The zero-order valence-electron chi connectivity index (χ0n) is 18.4. The van der Waals surface area contributed by atoms with E-state index in [0.717, 1.165) is 6.42 Å². The average molecular weight is 438 g/mol. The molecule has 1 aliphatic rings. The summed E-state index contributed by atoms with van der Waals surface area (Å²) in [5.41, 5.74) is 5.68. The summed E-state index contributed by atoms with van der Waals surface area (Å²) in [6.45, 7) is 2.25. The Bertz CT molecular complexity index is 1430. The molecule has 1 aliphatic carbocycles. The lowest BCUT2D eigenvalue weighted by molar-refractivity contribution is 0.604. The highest BCUT2D eigenvalue weighted by atomic mass is 35.5. The lowest BCUT2D eigenvalue weighted by Crippen LogP contribution is -2.17. The zero-order valence-corrected chi connectivity index (χ0v) is 19.2. The number of fused-ring (bicyclic) bond motifs is 6. The number of nitrogens with one attached hydrogen (secondary N) is 1. The molecule has 0 spiro atoms. The summed E-state index contributed by atoms with van der Waals surface area (Å²) in [6, 6.07) is 31.8. The lowest BCUT2D eigenvalue weighted by atomic mass is 9.83. The van der Waals surface area contributed by atoms with Gasteiger partial charge in [-0.05, 0) is 75.4 Å². The first-order chi connectivity index (χ1) is 15.3. The molecule has 0 aliphatic heterocycles. The standard InChI is InChI=1S/C30H27N.ClH/c1-2-20-9-5-12-24-22(20)16-17-27-25-13-7-15-30(28(25)19-18-26(24)27)31-29-14-6-10-21-8-3-4-11-23(21)29;/h3-6,8-12,14,16-19,30-31H,2,7,13,15H2,1H3;1H. The van der Waals surface area contributed by atoms with Crippen LogP contribution in [-0.2, 0) is 12.8 Å². The summed E-state index contributed by atoms with van der Waals surface area (Å²) in [7, 11) is 0. The molecule has 1 unspecified atom stereocenters. The Morgan fingerprint density at radius 3 is 2.34 bits per heavy atom. The van der Waals surface area contributed by atoms with Crippen molar-refractivity contribution in [2.45, 2.75) is 38.6 Å². The fourth-order valence-electron chi connectivity index (χ4n) is 5.56. The minimum absolute atomic E-state index is 0. The molecule has 1 atom stereocenters. The van der Waals surface area contributed by atoms with Crippen molar-refractivity contribution in [2.24, 2.45) is 0 Å². The molecule has 5 aromatic carbocycles. The van der Waals surface area contributed by atoms with Crippen LogP contribution in [0.25, 0.3) is 32.3 Å². The number of anilines is 1. The monoisotopic (exact) mass is 437 g/mol. The second kappa shape index (κ2) is 8.48. The molecule has 0 amide bonds. The van der Waals surface area contributed by atoms with Gasteiger partial charge in [0, 0.05) is 11.1 Å². The van der Waals surface area contributed by atoms with Gasteiger partial charge in [0.25, 0.3) is 0 Å². The van der Waals surface area contributed by atoms with Crippen LogP contribution in [0, 0.1) is 0 Å². The third-order valence-electron chi connectivity index (χ3n) is 7.09. The van der Waals surface area contributed by atoms with Crippen molar-refractivity contribution >= 4 is 50.4 Å². The van der Waals surface area contributed by atoms with Crippen LogP contribution >= 0.6 is 12.4 Å². The molecule has 1 N–H and O–H groups in total. The molecule has 0 bridgehead atoms. The molecule has 160 valence electrons. The highest BCUT2D eigenvalue weighted by Gasteiger charge is 2.23. The van der Waals surface area contributed by atoms with E-state index in [0.29, 0.717) is 6.04 Å². The molecule has 6 rings (SSSR count). The van der Waals surface area contributed by atoms with Crippen molar-refractivity contribution in [3.63, 3.8) is 0 Å². The number of hydrogen-bond acceptors (Lipinski definition) is 1. The Kier molecular flexibility index (Phi) is 5.53. The van der Waals surface area contributed by atoms with Gasteiger partial charge in [-0.2, -0.15) is 0 Å². The summed E-state index contributed by atoms with van der Waals surface area (Å²) in [6.07, 6.45) is 4.64. The molecule has 5 aromatic rings. The normalized spacial score (nSPS) is 15.5. The van der Waals surface area contributed by atoms with Gasteiger partial charge in [0.15, 0.2) is 0 Å². The van der Waals surface area contributed by atoms with Crippen LogP contribution in [-0.4, -0.2) is 0 Å². The van der Waals surface area contributed by atoms with E-state index >= 15 is 0 Å². The van der Waals surface area contributed by atoms with Crippen molar-refractivity contribution in [1.82, 2.24) is 0 Å². The van der Waals surface area contributed by atoms with Gasteiger partial charge in [-0.3, -0.25) is 0 Å². The second-order valence-corrected chi connectivity index (χ2v) is 8.78. The van der Waals surface area contributed by atoms with Crippen molar-refractivity contribution in [3.05, 3.63) is 102 Å². The molecule has 0 heterocycles. The third kappa shape index (κ3) is 3.32. The topological polar surface area (TPSA) is 12.0 Å². The van der Waals surface area contributed by atoms with Gasteiger partial charge >= 0.3 is 0 Å². The first kappa shape index (κ1) is 20.8. The lowest BCUT2D eigenvalue weighted by Gasteiger charge is -2.29. The number of rotatable bonds is 3.